The van der Waals surface area contributed by atoms with E-state index in [0.717, 1.165) is 18.1 Å². The van der Waals surface area contributed by atoms with Crippen LogP contribution in [0.4, 0.5) is 0 Å². The molecule has 0 aliphatic carbocycles. The largest absolute Gasteiger partial charge is 0.396 e. The lowest BCUT2D eigenvalue weighted by Gasteiger charge is -2.23. The van der Waals surface area contributed by atoms with E-state index in [1.807, 2.05) is 18.8 Å². The Morgan fingerprint density at radius 2 is 2.00 bits per heavy atom. The highest BCUT2D eigenvalue weighted by Crippen LogP contribution is 2.18. The van der Waals surface area contributed by atoms with Crippen molar-refractivity contribution in [2.45, 2.75) is 44.9 Å². The molecule has 86 valence electrons. The van der Waals surface area contributed by atoms with Crippen molar-refractivity contribution < 1.29 is 5.11 Å². The Hall–Kier alpha value is 0.270. The van der Waals surface area contributed by atoms with E-state index in [1.165, 1.54) is 6.42 Å². The van der Waals surface area contributed by atoms with Gasteiger partial charge >= 0.3 is 0 Å². The van der Waals surface area contributed by atoms with Gasteiger partial charge in [-0.3, -0.25) is 0 Å². The Labute approximate surface area is 92.9 Å². The van der Waals surface area contributed by atoms with Crippen LogP contribution in [0.1, 0.15) is 33.6 Å². The molecule has 0 aromatic rings. The molecule has 3 atom stereocenters. The zero-order valence-corrected chi connectivity index (χ0v) is 10.7. The molecule has 0 radical (unpaired) electrons. The zero-order chi connectivity index (χ0) is 11.0. The Bertz CT molecular complexity index is 132. The molecule has 2 N–H and O–H groups in total. The zero-order valence-electron chi connectivity index (χ0n) is 9.92. The van der Waals surface area contributed by atoms with E-state index in [9.17, 15) is 0 Å². The SMILES string of the molecule is CCC(C)C(CSC(C)CCO)NC. The topological polar surface area (TPSA) is 32.3 Å². The van der Waals surface area contributed by atoms with Gasteiger partial charge in [-0.1, -0.05) is 27.2 Å². The van der Waals surface area contributed by atoms with Gasteiger partial charge in [-0.15, -0.1) is 0 Å². The molecule has 2 nitrogen and oxygen atoms in total. The second kappa shape index (κ2) is 8.57. The van der Waals surface area contributed by atoms with E-state index in [-0.39, 0.29) is 0 Å². The lowest BCUT2D eigenvalue weighted by atomic mass is 10.0. The summed E-state index contributed by atoms with van der Waals surface area (Å²) in [4.78, 5) is 0. The van der Waals surface area contributed by atoms with Crippen LogP contribution in [-0.2, 0) is 0 Å². The van der Waals surface area contributed by atoms with Crippen LogP contribution in [-0.4, -0.2) is 35.8 Å². The van der Waals surface area contributed by atoms with Crippen molar-refractivity contribution in [1.82, 2.24) is 5.32 Å². The van der Waals surface area contributed by atoms with Crippen LogP contribution in [0.15, 0.2) is 0 Å². The molecule has 0 bridgehead atoms. The quantitative estimate of drug-likeness (QED) is 0.656. The average molecular weight is 219 g/mol. The fraction of sp³-hybridized carbons (Fsp3) is 1.00. The van der Waals surface area contributed by atoms with E-state index >= 15 is 0 Å². The van der Waals surface area contributed by atoms with Gasteiger partial charge in [0, 0.05) is 23.7 Å². The van der Waals surface area contributed by atoms with Gasteiger partial charge in [-0.2, -0.15) is 11.8 Å². The Kier molecular flexibility index (Phi) is 8.73. The van der Waals surface area contributed by atoms with Gasteiger partial charge in [0.05, 0.1) is 0 Å². The van der Waals surface area contributed by atoms with Gasteiger partial charge < -0.3 is 10.4 Å². The van der Waals surface area contributed by atoms with Gasteiger partial charge in [0.1, 0.15) is 0 Å². The second-order valence-corrected chi connectivity index (χ2v) is 5.41. The molecular formula is C11H25NOS. The number of thioether (sulfide) groups is 1. The number of rotatable bonds is 8. The van der Waals surface area contributed by atoms with E-state index in [4.69, 9.17) is 5.11 Å². The summed E-state index contributed by atoms with van der Waals surface area (Å²) in [5.41, 5.74) is 0. The minimum Gasteiger partial charge on any atom is -0.396 e. The minimum atomic E-state index is 0.307. The summed E-state index contributed by atoms with van der Waals surface area (Å²) >= 11 is 1.95. The highest BCUT2D eigenvalue weighted by atomic mass is 32.2. The summed E-state index contributed by atoms with van der Waals surface area (Å²) in [6.07, 6.45) is 2.13. The average Bonchev–Trinajstić information content (AvgIpc) is 2.18. The van der Waals surface area contributed by atoms with Crippen LogP contribution >= 0.6 is 11.8 Å². The fourth-order valence-electron chi connectivity index (χ4n) is 1.35. The summed E-state index contributed by atoms with van der Waals surface area (Å²) in [6.45, 7) is 7.02. The first-order valence-electron chi connectivity index (χ1n) is 5.55. The van der Waals surface area contributed by atoms with Crippen molar-refractivity contribution in [3.8, 4) is 0 Å². The molecule has 0 rings (SSSR count). The Morgan fingerprint density at radius 3 is 2.43 bits per heavy atom. The second-order valence-electron chi connectivity index (χ2n) is 3.94. The van der Waals surface area contributed by atoms with Gasteiger partial charge in [0.25, 0.3) is 0 Å². The molecule has 0 aliphatic rings. The Morgan fingerprint density at radius 1 is 1.36 bits per heavy atom. The minimum absolute atomic E-state index is 0.307. The molecule has 0 heterocycles. The van der Waals surface area contributed by atoms with Crippen molar-refractivity contribution in [3.63, 3.8) is 0 Å². The number of aliphatic hydroxyl groups excluding tert-OH is 1. The number of aliphatic hydroxyl groups is 1. The predicted octanol–water partition coefficient (Wildman–Crippen LogP) is 2.12. The molecule has 3 heteroatoms. The third kappa shape index (κ3) is 5.89. The van der Waals surface area contributed by atoms with Crippen molar-refractivity contribution in [2.75, 3.05) is 19.4 Å². The summed E-state index contributed by atoms with van der Waals surface area (Å²) in [5, 5.41) is 12.7. The molecule has 0 saturated carbocycles. The predicted molar refractivity (Wildman–Crippen MR) is 65.9 cm³/mol. The number of hydrogen-bond acceptors (Lipinski definition) is 3. The van der Waals surface area contributed by atoms with Crippen LogP contribution in [0.3, 0.4) is 0 Å². The molecule has 14 heavy (non-hydrogen) atoms. The molecule has 0 saturated heterocycles. The first kappa shape index (κ1) is 14.3. The van der Waals surface area contributed by atoms with Crippen LogP contribution in [0.2, 0.25) is 0 Å². The normalized spacial score (nSPS) is 17.8. The first-order chi connectivity index (χ1) is 6.65. The van der Waals surface area contributed by atoms with E-state index in [1.54, 1.807) is 0 Å². The third-order valence-electron chi connectivity index (χ3n) is 2.80. The first-order valence-corrected chi connectivity index (χ1v) is 6.60. The number of nitrogens with one attached hydrogen (secondary N) is 1. The lowest BCUT2D eigenvalue weighted by molar-refractivity contribution is 0.288. The standard InChI is InChI=1S/C11H25NOS/c1-5-9(2)11(12-4)8-14-10(3)6-7-13/h9-13H,5-8H2,1-4H3. The molecule has 3 unspecified atom stereocenters. The van der Waals surface area contributed by atoms with Crippen LogP contribution in [0.25, 0.3) is 0 Å². The summed E-state index contributed by atoms with van der Waals surface area (Å²) in [5.74, 6) is 1.88. The van der Waals surface area contributed by atoms with Crippen molar-refractivity contribution in [2.24, 2.45) is 5.92 Å². The van der Waals surface area contributed by atoms with Gasteiger partial charge in [-0.25, -0.2) is 0 Å². The maximum Gasteiger partial charge on any atom is 0.0441 e. The van der Waals surface area contributed by atoms with E-state index in [2.05, 4.69) is 26.1 Å². The van der Waals surface area contributed by atoms with E-state index in [0.29, 0.717) is 17.9 Å². The molecular weight excluding hydrogens is 194 g/mol. The lowest BCUT2D eigenvalue weighted by Crippen LogP contribution is -2.34. The maximum absolute atomic E-state index is 8.79. The monoisotopic (exact) mass is 219 g/mol. The van der Waals surface area contributed by atoms with Crippen LogP contribution in [0, 0.1) is 5.92 Å². The smallest absolute Gasteiger partial charge is 0.0441 e. The molecule has 0 aliphatic heterocycles. The molecule has 0 spiro atoms. The molecule has 0 aromatic heterocycles. The van der Waals surface area contributed by atoms with Crippen molar-refractivity contribution in [3.05, 3.63) is 0 Å². The fourth-order valence-corrected chi connectivity index (χ4v) is 2.65. The maximum atomic E-state index is 8.79. The summed E-state index contributed by atoms with van der Waals surface area (Å²) < 4.78 is 0. The van der Waals surface area contributed by atoms with Gasteiger partial charge in [-0.05, 0) is 19.4 Å². The molecule has 0 aromatic carbocycles. The summed E-state index contributed by atoms with van der Waals surface area (Å²) in [7, 11) is 2.04. The van der Waals surface area contributed by atoms with Gasteiger partial charge in [0.15, 0.2) is 0 Å². The van der Waals surface area contributed by atoms with Crippen molar-refractivity contribution >= 4 is 11.8 Å². The highest BCUT2D eigenvalue weighted by Gasteiger charge is 2.14. The molecule has 0 amide bonds. The Balaban J connectivity index is 3.71. The van der Waals surface area contributed by atoms with Crippen molar-refractivity contribution in [1.29, 1.82) is 0 Å². The third-order valence-corrected chi connectivity index (χ3v) is 4.15. The van der Waals surface area contributed by atoms with Crippen LogP contribution < -0.4 is 5.32 Å². The summed E-state index contributed by atoms with van der Waals surface area (Å²) in [6, 6.07) is 0.603. The molecule has 0 fully saturated rings. The van der Waals surface area contributed by atoms with Crippen LogP contribution in [0.5, 0.6) is 0 Å². The highest BCUT2D eigenvalue weighted by molar-refractivity contribution is 7.99. The van der Waals surface area contributed by atoms with E-state index < -0.39 is 0 Å². The number of hydrogen-bond donors (Lipinski definition) is 2. The van der Waals surface area contributed by atoms with Gasteiger partial charge in [0.2, 0.25) is 0 Å².